The van der Waals surface area contributed by atoms with Crippen LogP contribution in [-0.2, 0) is 14.3 Å². The smallest absolute Gasteiger partial charge is 0.305 e. The molecule has 0 bridgehead atoms. The molecule has 3 N–H and O–H groups in total. The normalized spacial score (nSPS) is 12.6. The van der Waals surface area contributed by atoms with E-state index in [4.69, 9.17) is 4.74 Å². The highest BCUT2D eigenvalue weighted by Crippen LogP contribution is 2.19. The summed E-state index contributed by atoms with van der Waals surface area (Å²) < 4.78 is 5.47. The molecule has 0 saturated carbocycles. The van der Waals surface area contributed by atoms with Crippen molar-refractivity contribution in [2.45, 2.75) is 386 Å². The predicted octanol–water partition coefficient (Wildman–Crippen LogP) is 20.8. The molecular weight excluding hydrogens is 887 g/mol. The molecule has 0 spiro atoms. The van der Waals surface area contributed by atoms with Crippen LogP contribution in [0.25, 0.3) is 0 Å². The molecule has 0 aromatic rings. The monoisotopic (exact) mass is 1020 g/mol. The molecule has 2 atom stereocenters. The van der Waals surface area contributed by atoms with Gasteiger partial charge < -0.3 is 20.3 Å². The summed E-state index contributed by atoms with van der Waals surface area (Å²) in [5.74, 6) is -0.0182. The summed E-state index contributed by atoms with van der Waals surface area (Å²) >= 11 is 0. The van der Waals surface area contributed by atoms with Crippen LogP contribution in [0.15, 0.2) is 12.2 Å². The highest BCUT2D eigenvalue weighted by Gasteiger charge is 2.20. The lowest BCUT2D eigenvalue weighted by atomic mass is 10.0. The molecule has 0 fully saturated rings. The molecule has 0 aliphatic carbocycles. The van der Waals surface area contributed by atoms with Crippen molar-refractivity contribution in [3.63, 3.8) is 0 Å². The lowest BCUT2D eigenvalue weighted by Crippen LogP contribution is -2.45. The number of amides is 1. The maximum Gasteiger partial charge on any atom is 0.305 e. The Labute approximate surface area is 450 Å². The van der Waals surface area contributed by atoms with Crippen LogP contribution < -0.4 is 5.32 Å². The fourth-order valence-corrected chi connectivity index (χ4v) is 10.5. The topological polar surface area (TPSA) is 95.9 Å². The fourth-order valence-electron chi connectivity index (χ4n) is 10.5. The molecule has 0 aliphatic heterocycles. The number of allylic oxidation sites excluding steroid dienone is 2. The number of ether oxygens (including phenoxy) is 1. The zero-order valence-electron chi connectivity index (χ0n) is 48.9. The van der Waals surface area contributed by atoms with Crippen LogP contribution in [0.4, 0.5) is 0 Å². The maximum absolute atomic E-state index is 12.5. The summed E-state index contributed by atoms with van der Waals surface area (Å²) in [6, 6.07) is -0.536. The third-order valence-electron chi connectivity index (χ3n) is 15.6. The van der Waals surface area contributed by atoms with Crippen molar-refractivity contribution in [1.82, 2.24) is 5.32 Å². The first-order chi connectivity index (χ1) is 35.5. The van der Waals surface area contributed by atoms with Crippen molar-refractivity contribution in [2.24, 2.45) is 0 Å². The van der Waals surface area contributed by atoms with Gasteiger partial charge in [0.05, 0.1) is 25.4 Å². The van der Waals surface area contributed by atoms with E-state index in [1.807, 2.05) is 0 Å². The average Bonchev–Trinajstić information content (AvgIpc) is 3.38. The Morgan fingerprint density at radius 2 is 0.653 bits per heavy atom. The molecular formula is C66H129NO5. The van der Waals surface area contributed by atoms with Gasteiger partial charge in [-0.05, 0) is 51.4 Å². The summed E-state index contributed by atoms with van der Waals surface area (Å²) in [7, 11) is 0. The number of aliphatic hydroxyl groups excluding tert-OH is 2. The number of hydrogen-bond acceptors (Lipinski definition) is 5. The van der Waals surface area contributed by atoms with Crippen LogP contribution in [0.2, 0.25) is 0 Å². The number of esters is 1. The Balaban J connectivity index is 3.30. The molecule has 6 nitrogen and oxygen atoms in total. The summed E-state index contributed by atoms with van der Waals surface area (Å²) in [5, 5.41) is 23.2. The SMILES string of the molecule is CCCCC/C=C\CCCCCCCC(=O)OCCCCCCCCCCCCCCCCCCCCCCCCCCCCCCCCCC(=O)NC(CO)C(O)CCCCCCCCCCCCCC. The number of rotatable bonds is 62. The Morgan fingerprint density at radius 3 is 1.01 bits per heavy atom. The zero-order chi connectivity index (χ0) is 52.2. The number of carbonyl (C=O) groups is 2. The lowest BCUT2D eigenvalue weighted by Gasteiger charge is -2.22. The van der Waals surface area contributed by atoms with Gasteiger partial charge >= 0.3 is 5.97 Å². The van der Waals surface area contributed by atoms with Gasteiger partial charge in [0.25, 0.3) is 0 Å². The largest absolute Gasteiger partial charge is 0.466 e. The van der Waals surface area contributed by atoms with Crippen molar-refractivity contribution >= 4 is 11.9 Å². The molecule has 428 valence electrons. The van der Waals surface area contributed by atoms with Gasteiger partial charge in [-0.1, -0.05) is 321 Å². The highest BCUT2D eigenvalue weighted by molar-refractivity contribution is 5.76. The van der Waals surface area contributed by atoms with Crippen molar-refractivity contribution in [1.29, 1.82) is 0 Å². The van der Waals surface area contributed by atoms with Crippen LogP contribution in [0.3, 0.4) is 0 Å². The first-order valence-electron chi connectivity index (χ1n) is 32.9. The first kappa shape index (κ1) is 70.6. The van der Waals surface area contributed by atoms with Gasteiger partial charge in [-0.3, -0.25) is 9.59 Å². The Hall–Kier alpha value is -1.40. The lowest BCUT2D eigenvalue weighted by molar-refractivity contribution is -0.143. The van der Waals surface area contributed by atoms with Crippen molar-refractivity contribution in [3.05, 3.63) is 12.2 Å². The van der Waals surface area contributed by atoms with Gasteiger partial charge in [-0.15, -0.1) is 0 Å². The molecule has 0 radical (unpaired) electrons. The summed E-state index contributed by atoms with van der Waals surface area (Å²) in [6.45, 7) is 4.95. The van der Waals surface area contributed by atoms with Crippen LogP contribution >= 0.6 is 0 Å². The number of aliphatic hydroxyl groups is 2. The van der Waals surface area contributed by atoms with Crippen LogP contribution in [0.1, 0.15) is 373 Å². The minimum Gasteiger partial charge on any atom is -0.466 e. The molecule has 1 amide bonds. The van der Waals surface area contributed by atoms with Crippen LogP contribution in [0, 0.1) is 0 Å². The second kappa shape index (κ2) is 62.1. The number of unbranched alkanes of at least 4 members (excludes halogenated alkanes) is 49. The van der Waals surface area contributed by atoms with E-state index in [1.54, 1.807) is 0 Å². The Morgan fingerprint density at radius 1 is 0.375 bits per heavy atom. The second-order valence-electron chi connectivity index (χ2n) is 22.8. The van der Waals surface area contributed by atoms with E-state index >= 15 is 0 Å². The number of hydrogen-bond donors (Lipinski definition) is 3. The van der Waals surface area contributed by atoms with Gasteiger partial charge in [0.2, 0.25) is 5.91 Å². The van der Waals surface area contributed by atoms with E-state index in [0.29, 0.717) is 25.9 Å². The predicted molar refractivity (Wildman–Crippen MR) is 315 cm³/mol. The third-order valence-corrected chi connectivity index (χ3v) is 15.6. The Bertz CT molecular complexity index is 1080. The van der Waals surface area contributed by atoms with Gasteiger partial charge in [-0.2, -0.15) is 0 Å². The quantitative estimate of drug-likeness (QED) is 0.0320. The van der Waals surface area contributed by atoms with Crippen molar-refractivity contribution < 1.29 is 24.5 Å². The third kappa shape index (κ3) is 57.9. The fraction of sp³-hybridized carbons (Fsp3) is 0.939. The molecule has 0 rings (SSSR count). The highest BCUT2D eigenvalue weighted by atomic mass is 16.5. The zero-order valence-corrected chi connectivity index (χ0v) is 48.9. The summed E-state index contributed by atoms with van der Waals surface area (Å²) in [6.07, 6.45) is 75.4. The van der Waals surface area contributed by atoms with Gasteiger partial charge in [0.1, 0.15) is 0 Å². The standard InChI is InChI=1S/C66H129NO5/c1-3-5-7-9-11-13-15-38-42-46-50-54-58-64(69)63(62-68)67-65(70)59-55-51-47-43-39-36-34-32-30-28-26-24-22-20-18-17-19-21-23-25-27-29-31-33-35-37-41-45-49-53-57-61-72-66(71)60-56-52-48-44-40-16-14-12-10-8-6-4-2/h12,14,63-64,68-69H,3-11,13,15-62H2,1-2H3,(H,67,70)/b14-12-. The minimum absolute atomic E-state index is 0.0110. The molecule has 0 heterocycles. The van der Waals surface area contributed by atoms with Gasteiger partial charge in [0, 0.05) is 12.8 Å². The molecule has 0 aromatic heterocycles. The van der Waals surface area contributed by atoms with Crippen LogP contribution in [-0.4, -0.2) is 47.4 Å². The van der Waals surface area contributed by atoms with Crippen molar-refractivity contribution in [2.75, 3.05) is 13.2 Å². The maximum atomic E-state index is 12.5. The Kier molecular flexibility index (Phi) is 60.9. The minimum atomic E-state index is -0.659. The van der Waals surface area contributed by atoms with E-state index in [-0.39, 0.29) is 18.5 Å². The summed E-state index contributed by atoms with van der Waals surface area (Å²) in [5.41, 5.74) is 0. The number of carbonyl (C=O) groups excluding carboxylic acids is 2. The van der Waals surface area contributed by atoms with E-state index in [2.05, 4.69) is 31.3 Å². The second-order valence-corrected chi connectivity index (χ2v) is 22.8. The van der Waals surface area contributed by atoms with Gasteiger partial charge in [0.15, 0.2) is 0 Å². The van der Waals surface area contributed by atoms with E-state index < -0.39 is 12.1 Å². The van der Waals surface area contributed by atoms with E-state index in [9.17, 15) is 19.8 Å². The summed E-state index contributed by atoms with van der Waals surface area (Å²) in [4.78, 5) is 24.5. The first-order valence-corrected chi connectivity index (χ1v) is 32.9. The van der Waals surface area contributed by atoms with Crippen LogP contribution in [0.5, 0.6) is 0 Å². The molecule has 0 saturated heterocycles. The molecule has 6 heteroatoms. The average molecular weight is 1020 g/mol. The van der Waals surface area contributed by atoms with E-state index in [1.165, 1.54) is 295 Å². The van der Waals surface area contributed by atoms with E-state index in [0.717, 1.165) is 44.9 Å². The molecule has 0 aromatic carbocycles. The number of nitrogens with one attached hydrogen (secondary N) is 1. The molecule has 2 unspecified atom stereocenters. The van der Waals surface area contributed by atoms with Gasteiger partial charge in [-0.25, -0.2) is 0 Å². The van der Waals surface area contributed by atoms with Crippen molar-refractivity contribution in [3.8, 4) is 0 Å². The molecule has 72 heavy (non-hydrogen) atoms. The molecule has 0 aliphatic rings.